The molecule has 0 fully saturated rings. The van der Waals surface area contributed by atoms with Crippen molar-refractivity contribution < 1.29 is 0 Å². The van der Waals surface area contributed by atoms with E-state index < -0.39 is 0 Å². The summed E-state index contributed by atoms with van der Waals surface area (Å²) in [4.78, 5) is 0.964. The Balaban J connectivity index is 2.15. The highest BCUT2D eigenvalue weighted by atomic mass is 32.1. The summed E-state index contributed by atoms with van der Waals surface area (Å²) in [5, 5.41) is 8.01. The second kappa shape index (κ2) is 4.50. The van der Waals surface area contributed by atoms with Crippen molar-refractivity contribution >= 4 is 11.5 Å². The van der Waals surface area contributed by atoms with E-state index >= 15 is 0 Å². The molecule has 0 spiro atoms. The summed E-state index contributed by atoms with van der Waals surface area (Å²) in [6.45, 7) is 3.04. The molecule has 2 aromatic rings. The van der Waals surface area contributed by atoms with Gasteiger partial charge in [0, 0.05) is 18.3 Å². The van der Waals surface area contributed by atoms with Gasteiger partial charge in [-0.3, -0.25) is 4.68 Å². The molecule has 0 radical (unpaired) electrons. The zero-order chi connectivity index (χ0) is 10.7. The van der Waals surface area contributed by atoms with Crippen molar-refractivity contribution in [2.75, 3.05) is 0 Å². The Bertz CT molecular complexity index is 408. The summed E-state index contributed by atoms with van der Waals surface area (Å²) >= 11 is 1.33. The fourth-order valence-corrected chi connectivity index (χ4v) is 1.90. The van der Waals surface area contributed by atoms with Gasteiger partial charge in [-0.25, -0.2) is 0 Å². The Morgan fingerprint density at radius 1 is 1.53 bits per heavy atom. The van der Waals surface area contributed by atoms with Crippen LogP contribution in [0.4, 0.5) is 0 Å². The molecule has 2 N–H and O–H groups in total. The lowest BCUT2D eigenvalue weighted by molar-refractivity contribution is 0.602. The first-order valence-corrected chi connectivity index (χ1v) is 5.63. The van der Waals surface area contributed by atoms with Crippen molar-refractivity contribution in [1.82, 2.24) is 19.4 Å². The first kappa shape index (κ1) is 10.3. The third-order valence-electron chi connectivity index (χ3n) is 2.15. The molecule has 2 aromatic heterocycles. The fourth-order valence-electron chi connectivity index (χ4n) is 1.37. The molecule has 0 saturated carbocycles. The van der Waals surface area contributed by atoms with Gasteiger partial charge in [-0.1, -0.05) is 11.4 Å². The highest BCUT2D eigenvalue weighted by Gasteiger charge is 2.13. The second-order valence-corrected chi connectivity index (χ2v) is 4.15. The number of nitrogens with zero attached hydrogens (tertiary/aromatic N) is 4. The molecule has 2 heterocycles. The number of hydrogen-bond donors (Lipinski definition) is 1. The molecule has 5 nitrogen and oxygen atoms in total. The summed E-state index contributed by atoms with van der Waals surface area (Å²) < 4.78 is 5.70. The summed E-state index contributed by atoms with van der Waals surface area (Å²) in [7, 11) is 0. The summed E-state index contributed by atoms with van der Waals surface area (Å²) in [5.74, 6) is 0. The number of hydrogen-bond acceptors (Lipinski definition) is 5. The fraction of sp³-hybridized carbons (Fsp3) is 0.444. The normalized spacial score (nSPS) is 12.9. The molecule has 6 heteroatoms. The highest BCUT2D eigenvalue weighted by Crippen LogP contribution is 2.20. The Kier molecular flexibility index (Phi) is 3.08. The van der Waals surface area contributed by atoms with Gasteiger partial charge in [0.2, 0.25) is 0 Å². The van der Waals surface area contributed by atoms with Crippen LogP contribution in [0.3, 0.4) is 0 Å². The third-order valence-corrected chi connectivity index (χ3v) is 2.90. The molecule has 0 aliphatic heterocycles. The highest BCUT2D eigenvalue weighted by molar-refractivity contribution is 7.05. The SMILES string of the molecule is CCCn1cc(C(N)c2cnns2)cn1. The maximum Gasteiger partial charge on any atom is 0.0709 e. The van der Waals surface area contributed by atoms with Gasteiger partial charge >= 0.3 is 0 Å². The summed E-state index contributed by atoms with van der Waals surface area (Å²) in [5.41, 5.74) is 7.06. The van der Waals surface area contributed by atoms with E-state index in [1.807, 2.05) is 10.9 Å². The van der Waals surface area contributed by atoms with Crippen LogP contribution in [0.25, 0.3) is 0 Å². The molecule has 0 aliphatic carbocycles. The smallest absolute Gasteiger partial charge is 0.0709 e. The first-order valence-electron chi connectivity index (χ1n) is 4.86. The first-order chi connectivity index (χ1) is 7.31. The van der Waals surface area contributed by atoms with E-state index in [4.69, 9.17) is 5.73 Å². The molecule has 1 atom stereocenters. The second-order valence-electron chi connectivity index (χ2n) is 3.33. The van der Waals surface area contributed by atoms with Crippen LogP contribution in [-0.2, 0) is 6.54 Å². The molecule has 0 bridgehead atoms. The predicted octanol–water partition coefficient (Wildman–Crippen LogP) is 1.19. The Hall–Kier alpha value is -1.27. The van der Waals surface area contributed by atoms with Crippen LogP contribution in [0.1, 0.15) is 29.8 Å². The topological polar surface area (TPSA) is 69.6 Å². The largest absolute Gasteiger partial charge is 0.319 e. The van der Waals surface area contributed by atoms with Gasteiger partial charge in [-0.15, -0.1) is 5.10 Å². The van der Waals surface area contributed by atoms with E-state index in [-0.39, 0.29) is 6.04 Å². The minimum absolute atomic E-state index is 0.157. The maximum atomic E-state index is 6.05. The van der Waals surface area contributed by atoms with Crippen LogP contribution >= 0.6 is 11.5 Å². The van der Waals surface area contributed by atoms with Crippen molar-refractivity contribution in [2.24, 2.45) is 5.73 Å². The van der Waals surface area contributed by atoms with Crippen molar-refractivity contribution in [2.45, 2.75) is 25.9 Å². The van der Waals surface area contributed by atoms with Crippen LogP contribution < -0.4 is 5.73 Å². The number of aryl methyl sites for hydroxylation is 1. The molecule has 15 heavy (non-hydrogen) atoms. The minimum atomic E-state index is -0.157. The van der Waals surface area contributed by atoms with Crippen LogP contribution in [0.5, 0.6) is 0 Å². The van der Waals surface area contributed by atoms with Gasteiger partial charge in [0.15, 0.2) is 0 Å². The number of aromatic nitrogens is 4. The zero-order valence-electron chi connectivity index (χ0n) is 8.50. The molecule has 80 valence electrons. The Labute approximate surface area is 92.1 Å². The monoisotopic (exact) mass is 223 g/mol. The number of rotatable bonds is 4. The molecule has 0 aromatic carbocycles. The quantitative estimate of drug-likeness (QED) is 0.845. The lowest BCUT2D eigenvalue weighted by atomic mass is 10.1. The van der Waals surface area contributed by atoms with E-state index in [2.05, 4.69) is 21.6 Å². The van der Waals surface area contributed by atoms with Crippen molar-refractivity contribution in [3.05, 3.63) is 29.0 Å². The Morgan fingerprint density at radius 3 is 3.07 bits per heavy atom. The third kappa shape index (κ3) is 2.21. The average molecular weight is 223 g/mol. The van der Waals surface area contributed by atoms with Gasteiger partial charge in [0.25, 0.3) is 0 Å². The molecule has 0 amide bonds. The predicted molar refractivity (Wildman–Crippen MR) is 58.5 cm³/mol. The van der Waals surface area contributed by atoms with Crippen LogP contribution in [0, 0.1) is 0 Å². The van der Waals surface area contributed by atoms with E-state index in [1.165, 1.54) is 11.5 Å². The van der Waals surface area contributed by atoms with Gasteiger partial charge in [-0.05, 0) is 18.0 Å². The van der Waals surface area contributed by atoms with E-state index in [0.717, 1.165) is 23.4 Å². The molecular formula is C9H13N5S. The van der Waals surface area contributed by atoms with E-state index in [1.54, 1.807) is 12.4 Å². The standard InChI is InChI=1S/C9H13N5S/c1-2-3-14-6-7(4-12-14)9(10)8-5-11-13-15-8/h4-6,9H,2-3,10H2,1H3. The van der Waals surface area contributed by atoms with Crippen LogP contribution in [0.15, 0.2) is 18.6 Å². The number of nitrogens with two attached hydrogens (primary N) is 1. The lowest BCUT2D eigenvalue weighted by Gasteiger charge is -2.03. The zero-order valence-corrected chi connectivity index (χ0v) is 9.31. The van der Waals surface area contributed by atoms with Crippen LogP contribution in [0.2, 0.25) is 0 Å². The van der Waals surface area contributed by atoms with Crippen LogP contribution in [-0.4, -0.2) is 19.4 Å². The van der Waals surface area contributed by atoms with Gasteiger partial charge in [-0.2, -0.15) is 5.10 Å². The van der Waals surface area contributed by atoms with Crippen molar-refractivity contribution in [1.29, 1.82) is 0 Å². The molecule has 1 unspecified atom stereocenters. The van der Waals surface area contributed by atoms with E-state index in [0.29, 0.717) is 0 Å². The summed E-state index contributed by atoms with van der Waals surface area (Å²) in [6.07, 6.45) is 6.55. The van der Waals surface area contributed by atoms with Gasteiger partial charge in [0.05, 0.1) is 23.3 Å². The van der Waals surface area contributed by atoms with Crippen molar-refractivity contribution in [3.63, 3.8) is 0 Å². The molecule has 0 saturated heterocycles. The minimum Gasteiger partial charge on any atom is -0.319 e. The molecule has 0 aliphatic rings. The van der Waals surface area contributed by atoms with Gasteiger partial charge in [0.1, 0.15) is 0 Å². The maximum absolute atomic E-state index is 6.05. The Morgan fingerprint density at radius 2 is 2.40 bits per heavy atom. The molecule has 2 rings (SSSR count). The van der Waals surface area contributed by atoms with Gasteiger partial charge < -0.3 is 5.73 Å². The van der Waals surface area contributed by atoms with Crippen molar-refractivity contribution in [3.8, 4) is 0 Å². The average Bonchev–Trinajstić information content (AvgIpc) is 2.87. The van der Waals surface area contributed by atoms with E-state index in [9.17, 15) is 0 Å². The summed E-state index contributed by atoms with van der Waals surface area (Å²) in [6, 6.07) is -0.157. The lowest BCUT2D eigenvalue weighted by Crippen LogP contribution is -2.09. The molecular weight excluding hydrogens is 210 g/mol.